The van der Waals surface area contributed by atoms with Gasteiger partial charge >= 0.3 is 0 Å². The van der Waals surface area contributed by atoms with Gasteiger partial charge in [-0.2, -0.15) is 25.5 Å². The fourth-order valence-electron chi connectivity index (χ4n) is 8.77. The molecule has 17 nitrogen and oxygen atoms in total. The number of anilines is 6. The lowest BCUT2D eigenvalue weighted by Gasteiger charge is -2.03. The lowest BCUT2D eigenvalue weighted by atomic mass is 10.0. The van der Waals surface area contributed by atoms with Gasteiger partial charge in [-0.1, -0.05) is 102 Å². The van der Waals surface area contributed by atoms with Crippen LogP contribution >= 0.6 is 34.8 Å². The summed E-state index contributed by atoms with van der Waals surface area (Å²) >= 11 is 17.9. The number of aromatic nitrogens is 11. The molecule has 80 heavy (non-hydrogen) atoms. The van der Waals surface area contributed by atoms with Crippen molar-refractivity contribution in [3.05, 3.63) is 203 Å². The van der Waals surface area contributed by atoms with Crippen LogP contribution in [0, 0.1) is 0 Å². The van der Waals surface area contributed by atoms with E-state index >= 15 is 0 Å². The molecule has 14 aromatic rings. The third kappa shape index (κ3) is 12.2. The third-order valence-corrected chi connectivity index (χ3v) is 13.8. The van der Waals surface area contributed by atoms with Crippen LogP contribution in [-0.2, 0) is 6.42 Å². The minimum atomic E-state index is 0.493. The summed E-state index contributed by atoms with van der Waals surface area (Å²) in [5.74, 6) is 2.62. The Bertz CT molecular complexity index is 4390. The summed E-state index contributed by atoms with van der Waals surface area (Å²) in [6, 6.07) is 55.3. The molecule has 0 spiro atoms. The van der Waals surface area contributed by atoms with Gasteiger partial charge in [-0.15, -0.1) is 0 Å². The maximum Gasteiger partial charge on any atom is 0.153 e. The molecule has 0 aliphatic heterocycles. The van der Waals surface area contributed by atoms with Gasteiger partial charge in [0.15, 0.2) is 29.1 Å². The first-order valence-electron chi connectivity index (χ1n) is 24.9. The van der Waals surface area contributed by atoms with Crippen LogP contribution in [0.5, 0.6) is 0 Å². The van der Waals surface area contributed by atoms with Crippen LogP contribution in [0.1, 0.15) is 12.5 Å². The Hall–Kier alpha value is -10.1. The van der Waals surface area contributed by atoms with Gasteiger partial charge in [-0.05, 0) is 166 Å². The van der Waals surface area contributed by atoms with Crippen LogP contribution < -0.4 is 34.4 Å². The second-order valence-electron chi connectivity index (χ2n) is 18.3. The van der Waals surface area contributed by atoms with Crippen LogP contribution in [0.25, 0.3) is 99.0 Å². The number of halogens is 3. The smallest absolute Gasteiger partial charge is 0.153 e. The average molecular weight is 1120 g/mol. The first-order valence-corrected chi connectivity index (χ1v) is 26.1. The Labute approximate surface area is 472 Å². The van der Waals surface area contributed by atoms with Crippen molar-refractivity contribution in [3.63, 3.8) is 0 Å². The van der Waals surface area contributed by atoms with E-state index in [0.717, 1.165) is 99.3 Å². The molecule has 0 saturated carbocycles. The number of nitrogens with two attached hydrogens (primary N) is 6. The zero-order valence-electron chi connectivity index (χ0n) is 42.8. The fourth-order valence-corrected chi connectivity index (χ4v) is 9.43. The van der Waals surface area contributed by atoms with Gasteiger partial charge in [0.25, 0.3) is 0 Å². The third-order valence-electron chi connectivity index (χ3n) is 13.1. The minimum absolute atomic E-state index is 0.493. The topological polar surface area (TPSA) is 312 Å². The summed E-state index contributed by atoms with van der Waals surface area (Å²) in [6.45, 7) is 2.16. The predicted octanol–water partition coefficient (Wildman–Crippen LogP) is 13.9. The number of aryl methyl sites for hydroxylation is 1. The highest BCUT2D eigenvalue weighted by atomic mass is 35.5. The second-order valence-corrected chi connectivity index (χ2v) is 19.7. The van der Waals surface area contributed by atoms with Crippen molar-refractivity contribution in [3.8, 4) is 44.5 Å². The highest BCUT2D eigenvalue weighted by Crippen LogP contribution is 2.32. The summed E-state index contributed by atoms with van der Waals surface area (Å²) < 4.78 is 0. The van der Waals surface area contributed by atoms with Crippen molar-refractivity contribution in [2.75, 3.05) is 34.4 Å². The van der Waals surface area contributed by atoms with Gasteiger partial charge in [-0.3, -0.25) is 30.5 Å². The first kappa shape index (κ1) is 53.3. The normalized spacial score (nSPS) is 10.8. The number of hydrogen-bond acceptors (Lipinski definition) is 12. The number of benzene rings is 8. The van der Waals surface area contributed by atoms with E-state index in [1.165, 1.54) is 16.7 Å². The second kappa shape index (κ2) is 23.7. The molecule has 0 saturated heterocycles. The maximum atomic E-state index is 6.00. The van der Waals surface area contributed by atoms with Crippen LogP contribution in [-0.4, -0.2) is 56.0 Å². The quantitative estimate of drug-likeness (QED) is 0.0717. The molecule has 0 amide bonds. The van der Waals surface area contributed by atoms with Crippen molar-refractivity contribution in [2.45, 2.75) is 13.3 Å². The number of H-pyrrole nitrogens is 5. The van der Waals surface area contributed by atoms with Gasteiger partial charge in [-0.25, -0.2) is 0 Å². The van der Waals surface area contributed by atoms with E-state index < -0.39 is 0 Å². The Morgan fingerprint density at radius 3 is 1.07 bits per heavy atom. The standard InChI is InChI=1S/C15H15N3.C13H9Cl2N3.C13H10ClN3.C12H10N4.C7H8N4/c1-2-10-3-5-11(6-4-10)12-7-8-13-14(9-12)17-18-15(13)16;14-9-3-8(4-10(15)6-9)7-1-2-11-12(5-7)17-18-13(11)16;14-10-4-1-8(2-5-10)9-3-6-11-12(7-9)16-17-13(11)15;13-12-10-2-1-9(7-11(10)15-16-12)8-3-5-14-6-4-8;8-4-1-2-6-5(3-4)7(9)11-10-6/h3-9H,2H2,1H3,(H3,16,17,18);1-6H,(H3,16,17,18);1-7H,(H3,15,16,17);1-7H,(H3,13,15,16);1-3H,8H2,(H3,9,10,11). The molecule has 14 rings (SSSR count). The van der Waals surface area contributed by atoms with Crippen LogP contribution in [0.15, 0.2) is 182 Å². The van der Waals surface area contributed by atoms with Crippen molar-refractivity contribution in [2.24, 2.45) is 0 Å². The Balaban J connectivity index is 0.000000113. The van der Waals surface area contributed by atoms with E-state index in [-0.39, 0.29) is 0 Å². The van der Waals surface area contributed by atoms with E-state index in [2.05, 4.69) is 99.3 Å². The molecule has 0 aliphatic rings. The minimum Gasteiger partial charge on any atom is -0.399 e. The average Bonchev–Trinajstić information content (AvgIpc) is 4.42. The number of nitrogens with zero attached hydrogens (tertiary/aromatic N) is 6. The summed E-state index contributed by atoms with van der Waals surface area (Å²) in [4.78, 5) is 4.00. The predicted molar refractivity (Wildman–Crippen MR) is 331 cm³/mol. The van der Waals surface area contributed by atoms with Gasteiger partial charge in [0.05, 0.1) is 27.6 Å². The van der Waals surface area contributed by atoms with Gasteiger partial charge in [0, 0.05) is 60.1 Å². The van der Waals surface area contributed by atoms with E-state index in [4.69, 9.17) is 69.2 Å². The molecule has 0 radical (unpaired) electrons. The number of nitrogen functional groups attached to an aromatic ring is 6. The lowest BCUT2D eigenvalue weighted by molar-refractivity contribution is 1.13. The highest BCUT2D eigenvalue weighted by Gasteiger charge is 2.09. The van der Waals surface area contributed by atoms with Crippen LogP contribution in [0.2, 0.25) is 15.1 Å². The Kier molecular flexibility index (Phi) is 15.8. The van der Waals surface area contributed by atoms with E-state index in [9.17, 15) is 0 Å². The Morgan fingerprint density at radius 1 is 0.312 bits per heavy atom. The monoisotopic (exact) mass is 1120 g/mol. The van der Waals surface area contributed by atoms with Crippen molar-refractivity contribution in [1.82, 2.24) is 56.0 Å². The van der Waals surface area contributed by atoms with Gasteiger partial charge in [0.1, 0.15) is 0 Å². The molecule has 0 aliphatic carbocycles. The largest absolute Gasteiger partial charge is 0.399 e. The molecule has 0 atom stereocenters. The fraction of sp³-hybridized carbons (Fsp3) is 0.0333. The molecule has 8 aromatic carbocycles. The van der Waals surface area contributed by atoms with Gasteiger partial charge in [0.2, 0.25) is 0 Å². The van der Waals surface area contributed by atoms with Crippen LogP contribution in [0.3, 0.4) is 0 Å². The lowest BCUT2D eigenvalue weighted by Crippen LogP contribution is -1.86. The molecule has 20 heteroatoms. The molecule has 0 bridgehead atoms. The number of rotatable bonds is 5. The molecule has 17 N–H and O–H groups in total. The molecular formula is C60H52Cl3N17. The molecule has 0 fully saturated rings. The molecule has 398 valence electrons. The van der Waals surface area contributed by atoms with Crippen molar-refractivity contribution < 1.29 is 0 Å². The molecule has 0 unspecified atom stereocenters. The first-order chi connectivity index (χ1) is 38.8. The van der Waals surface area contributed by atoms with Crippen molar-refractivity contribution >= 4 is 124 Å². The summed E-state index contributed by atoms with van der Waals surface area (Å²) in [6.07, 6.45) is 4.62. The maximum absolute atomic E-state index is 6.00. The van der Waals surface area contributed by atoms with Crippen LogP contribution in [0.4, 0.5) is 34.8 Å². The van der Waals surface area contributed by atoms with Crippen molar-refractivity contribution in [1.29, 1.82) is 0 Å². The highest BCUT2D eigenvalue weighted by molar-refractivity contribution is 6.35. The van der Waals surface area contributed by atoms with E-state index in [1.807, 2.05) is 115 Å². The number of aromatic amines is 5. The number of nitrogens with one attached hydrogen (secondary N) is 5. The van der Waals surface area contributed by atoms with E-state index in [0.29, 0.717) is 44.8 Å². The summed E-state index contributed by atoms with van der Waals surface area (Å²) in [7, 11) is 0. The summed E-state index contributed by atoms with van der Waals surface area (Å²) in [5.41, 5.74) is 49.6. The SMILES string of the molecule is CCc1ccc(-c2ccc3c(N)n[nH]c3c2)cc1.Nc1ccc2[nH]nc(N)c2c1.Nc1n[nH]c2cc(-c3cc(Cl)cc(Cl)c3)ccc12.Nc1n[nH]c2cc(-c3ccc(Cl)cc3)ccc12.Nc1n[nH]c2cc(-c3ccncc3)ccc12. The number of pyridine rings is 1. The summed E-state index contributed by atoms with van der Waals surface area (Å²) in [5, 5.41) is 40.8. The number of hydrogen-bond donors (Lipinski definition) is 11. The van der Waals surface area contributed by atoms with Gasteiger partial charge < -0.3 is 34.4 Å². The Morgan fingerprint density at radius 2 is 0.662 bits per heavy atom. The molecule has 6 aromatic heterocycles. The zero-order chi connectivity index (χ0) is 55.9. The molecule has 6 heterocycles. The molecular weight excluding hydrogens is 1070 g/mol. The number of fused-ring (bicyclic) bond motifs is 5. The zero-order valence-corrected chi connectivity index (χ0v) is 45.1. The van der Waals surface area contributed by atoms with E-state index in [1.54, 1.807) is 30.6 Å².